The van der Waals surface area contributed by atoms with Gasteiger partial charge >= 0.3 is 0 Å². The zero-order valence-corrected chi connectivity index (χ0v) is 22.4. The molecule has 1 saturated heterocycles. The molecule has 1 aliphatic carbocycles. The number of aliphatic hydroxyl groups excluding tert-OH is 1. The van der Waals surface area contributed by atoms with Crippen LogP contribution in [0.25, 0.3) is 5.65 Å². The monoisotopic (exact) mass is 499 g/mol. The van der Waals surface area contributed by atoms with Crippen molar-refractivity contribution in [2.24, 2.45) is 11.8 Å². The molecular formula is C27H41N5O4. The minimum Gasteiger partial charge on any atom is -0.368 e. The molecule has 198 valence electrons. The van der Waals surface area contributed by atoms with Gasteiger partial charge in [-0.2, -0.15) is 5.10 Å². The highest BCUT2D eigenvalue weighted by molar-refractivity contribution is 5.94. The maximum absolute atomic E-state index is 13.6. The van der Waals surface area contributed by atoms with Crippen LogP contribution in [0.4, 0.5) is 0 Å². The number of imidazole rings is 1. The normalized spacial score (nSPS) is 22.8. The van der Waals surface area contributed by atoms with E-state index < -0.39 is 11.8 Å². The summed E-state index contributed by atoms with van der Waals surface area (Å²) in [7, 11) is 0. The molecule has 4 rings (SSSR count). The van der Waals surface area contributed by atoms with Crippen molar-refractivity contribution < 1.29 is 19.8 Å². The second kappa shape index (κ2) is 10.1. The smallest absolute Gasteiger partial charge is 0.274 e. The Bertz CT molecular complexity index is 1110. The number of carbonyl (C=O) groups excluding carboxylic acids is 2. The van der Waals surface area contributed by atoms with Crippen molar-refractivity contribution in [3.8, 4) is 0 Å². The number of aromatic nitrogens is 3. The van der Waals surface area contributed by atoms with E-state index in [4.69, 9.17) is 10.1 Å². The van der Waals surface area contributed by atoms with Gasteiger partial charge in [-0.3, -0.25) is 9.59 Å². The molecule has 3 heterocycles. The van der Waals surface area contributed by atoms with Crippen LogP contribution in [0.1, 0.15) is 101 Å². The molecule has 2 fully saturated rings. The van der Waals surface area contributed by atoms with Crippen molar-refractivity contribution in [3.63, 3.8) is 0 Å². The second-order valence-corrected chi connectivity index (χ2v) is 11.8. The molecular weight excluding hydrogens is 458 g/mol. The van der Waals surface area contributed by atoms with E-state index >= 15 is 0 Å². The molecule has 2 aromatic rings. The summed E-state index contributed by atoms with van der Waals surface area (Å²) < 4.78 is 1.74. The standard InChI is InChI=1S/C27H41N5O4/c1-16(2)20-13-21(17(3)4)29-32-14-22(28-23(20)32)25(34)31-12-11-30(15-27(31,5)6)24(33)18-7-9-19(10-8-18)26(35)36/h13-14,16-19,26,35-36H,7-12,15H2,1-6H3. The van der Waals surface area contributed by atoms with Crippen LogP contribution in [-0.2, 0) is 4.79 Å². The van der Waals surface area contributed by atoms with Crippen LogP contribution in [-0.4, -0.2) is 77.9 Å². The third-order valence-electron chi connectivity index (χ3n) is 7.91. The Hall–Kier alpha value is -2.52. The lowest BCUT2D eigenvalue weighted by Gasteiger charge is -2.47. The van der Waals surface area contributed by atoms with Gasteiger partial charge in [-0.15, -0.1) is 0 Å². The van der Waals surface area contributed by atoms with Crippen LogP contribution in [0.2, 0.25) is 0 Å². The van der Waals surface area contributed by atoms with Crippen LogP contribution in [0, 0.1) is 11.8 Å². The Labute approximate surface area is 213 Å². The lowest BCUT2D eigenvalue weighted by molar-refractivity contribution is -0.143. The number of nitrogens with zero attached hydrogens (tertiary/aromatic N) is 5. The summed E-state index contributed by atoms with van der Waals surface area (Å²) in [6, 6.07) is 2.09. The minimum atomic E-state index is -1.31. The van der Waals surface area contributed by atoms with Crippen LogP contribution in [0.5, 0.6) is 0 Å². The molecule has 2 N–H and O–H groups in total. The first-order chi connectivity index (χ1) is 16.9. The highest BCUT2D eigenvalue weighted by Crippen LogP contribution is 2.33. The molecule has 0 radical (unpaired) electrons. The molecule has 0 atom stereocenters. The average Bonchev–Trinajstić information content (AvgIpc) is 3.26. The number of fused-ring (bicyclic) bond motifs is 1. The van der Waals surface area contributed by atoms with Crippen molar-refractivity contribution in [1.29, 1.82) is 0 Å². The van der Waals surface area contributed by atoms with Gasteiger partial charge in [0, 0.05) is 37.0 Å². The quantitative estimate of drug-likeness (QED) is 0.612. The van der Waals surface area contributed by atoms with E-state index in [0.29, 0.717) is 56.7 Å². The fraction of sp³-hybridized carbons (Fsp3) is 0.704. The molecule has 9 heteroatoms. The molecule has 2 aliphatic rings. The molecule has 2 aromatic heterocycles. The summed E-state index contributed by atoms with van der Waals surface area (Å²) >= 11 is 0. The first kappa shape index (κ1) is 26.5. The zero-order valence-electron chi connectivity index (χ0n) is 22.4. The van der Waals surface area contributed by atoms with E-state index in [-0.39, 0.29) is 35.5 Å². The zero-order chi connectivity index (χ0) is 26.4. The molecule has 36 heavy (non-hydrogen) atoms. The van der Waals surface area contributed by atoms with Crippen LogP contribution >= 0.6 is 0 Å². The van der Waals surface area contributed by atoms with E-state index in [0.717, 1.165) is 11.3 Å². The van der Waals surface area contributed by atoms with Crippen molar-refractivity contribution in [1.82, 2.24) is 24.4 Å². The predicted molar refractivity (Wildman–Crippen MR) is 137 cm³/mol. The summed E-state index contributed by atoms with van der Waals surface area (Å²) in [5.74, 6) is 0.248. The van der Waals surface area contributed by atoms with Gasteiger partial charge in [0.25, 0.3) is 5.91 Å². The van der Waals surface area contributed by atoms with E-state index in [1.54, 1.807) is 10.7 Å². The first-order valence-electron chi connectivity index (χ1n) is 13.3. The molecule has 1 aliphatic heterocycles. The fourth-order valence-electron chi connectivity index (χ4n) is 5.61. The molecule has 0 aromatic carbocycles. The fourth-order valence-corrected chi connectivity index (χ4v) is 5.61. The molecule has 2 amide bonds. The maximum Gasteiger partial charge on any atom is 0.274 e. The Morgan fingerprint density at radius 2 is 1.69 bits per heavy atom. The van der Waals surface area contributed by atoms with Crippen molar-refractivity contribution >= 4 is 17.5 Å². The number of aliphatic hydroxyl groups is 2. The van der Waals surface area contributed by atoms with Gasteiger partial charge < -0.3 is 20.0 Å². The Morgan fingerprint density at radius 1 is 1.03 bits per heavy atom. The molecule has 0 spiro atoms. The summed E-state index contributed by atoms with van der Waals surface area (Å²) in [5.41, 5.74) is 2.59. The highest BCUT2D eigenvalue weighted by Gasteiger charge is 2.41. The van der Waals surface area contributed by atoms with Gasteiger partial charge in [0.15, 0.2) is 11.9 Å². The Balaban J connectivity index is 1.50. The largest absolute Gasteiger partial charge is 0.368 e. The Kier molecular flexibility index (Phi) is 7.44. The number of amides is 2. The molecule has 1 saturated carbocycles. The number of piperazine rings is 1. The molecule has 9 nitrogen and oxygen atoms in total. The van der Waals surface area contributed by atoms with Crippen LogP contribution in [0.3, 0.4) is 0 Å². The molecule has 0 unspecified atom stereocenters. The number of hydrogen-bond acceptors (Lipinski definition) is 6. The number of hydrogen-bond donors (Lipinski definition) is 2. The van der Waals surface area contributed by atoms with Gasteiger partial charge in [0.05, 0.1) is 17.4 Å². The number of rotatable bonds is 5. The van der Waals surface area contributed by atoms with Gasteiger partial charge in [-0.25, -0.2) is 9.50 Å². The Morgan fingerprint density at radius 3 is 2.25 bits per heavy atom. The first-order valence-corrected chi connectivity index (χ1v) is 13.3. The van der Waals surface area contributed by atoms with Gasteiger partial charge in [-0.1, -0.05) is 27.7 Å². The van der Waals surface area contributed by atoms with Gasteiger partial charge in [-0.05, 0) is 57.4 Å². The second-order valence-electron chi connectivity index (χ2n) is 11.8. The van der Waals surface area contributed by atoms with Gasteiger partial charge in [0.2, 0.25) is 5.91 Å². The van der Waals surface area contributed by atoms with Crippen molar-refractivity contribution in [2.45, 2.75) is 90.9 Å². The summed E-state index contributed by atoms with van der Waals surface area (Å²) in [6.45, 7) is 13.8. The third kappa shape index (κ3) is 5.13. The van der Waals surface area contributed by atoms with Crippen LogP contribution in [0.15, 0.2) is 12.3 Å². The maximum atomic E-state index is 13.6. The number of carbonyl (C=O) groups is 2. The third-order valence-corrected chi connectivity index (χ3v) is 7.91. The lowest BCUT2D eigenvalue weighted by Crippen LogP contribution is -2.62. The van der Waals surface area contributed by atoms with E-state index in [1.165, 1.54) is 0 Å². The van der Waals surface area contributed by atoms with E-state index in [2.05, 4.69) is 33.8 Å². The minimum absolute atomic E-state index is 0.0906. The topological polar surface area (TPSA) is 111 Å². The predicted octanol–water partition coefficient (Wildman–Crippen LogP) is 3.16. The van der Waals surface area contributed by atoms with E-state index in [1.807, 2.05) is 23.6 Å². The SMILES string of the molecule is CC(C)c1cc(C(C)C)c2nc(C(=O)N3CCN(C(=O)C4CCC(C(O)O)CC4)CC3(C)C)cn2n1. The molecule has 0 bridgehead atoms. The van der Waals surface area contributed by atoms with Crippen molar-refractivity contribution in [3.05, 3.63) is 29.2 Å². The summed E-state index contributed by atoms with van der Waals surface area (Å²) in [4.78, 5) is 35.3. The lowest BCUT2D eigenvalue weighted by atomic mass is 9.80. The summed E-state index contributed by atoms with van der Waals surface area (Å²) in [6.07, 6.45) is 3.07. The van der Waals surface area contributed by atoms with Crippen LogP contribution < -0.4 is 0 Å². The van der Waals surface area contributed by atoms with Gasteiger partial charge in [0.1, 0.15) is 5.69 Å². The highest BCUT2D eigenvalue weighted by atomic mass is 16.5. The average molecular weight is 500 g/mol. The summed E-state index contributed by atoms with van der Waals surface area (Å²) in [5, 5.41) is 23.6. The van der Waals surface area contributed by atoms with Crippen molar-refractivity contribution in [2.75, 3.05) is 19.6 Å². The van der Waals surface area contributed by atoms with E-state index in [9.17, 15) is 19.8 Å².